The maximum absolute atomic E-state index is 13.5. The topological polar surface area (TPSA) is 74.3 Å². The van der Waals surface area contributed by atoms with Crippen LogP contribution < -0.4 is 0 Å². The summed E-state index contributed by atoms with van der Waals surface area (Å²) in [6.45, 7) is 3.29. The van der Waals surface area contributed by atoms with Gasteiger partial charge in [0, 0.05) is 43.4 Å². The number of carbonyl (C=O) groups is 1. The molecule has 4 rings (SSSR count). The Bertz CT molecular complexity index is 1240. The molecule has 1 aliphatic rings. The summed E-state index contributed by atoms with van der Waals surface area (Å²) in [5, 5.41) is 14.6. The van der Waals surface area contributed by atoms with Crippen LogP contribution in [-0.4, -0.2) is 40.4 Å². The second kappa shape index (κ2) is 10.7. The zero-order chi connectivity index (χ0) is 24.1. The minimum absolute atomic E-state index is 0.0264. The molecule has 0 saturated carbocycles. The quantitative estimate of drug-likeness (QED) is 0.393. The van der Waals surface area contributed by atoms with Crippen molar-refractivity contribution in [1.29, 1.82) is 5.26 Å². The predicted molar refractivity (Wildman–Crippen MR) is 135 cm³/mol. The molecule has 174 valence electrons. The normalized spacial score (nSPS) is 15.5. The summed E-state index contributed by atoms with van der Waals surface area (Å²) in [6, 6.07) is 17.3. The fourth-order valence-corrected chi connectivity index (χ4v) is 4.60. The van der Waals surface area contributed by atoms with E-state index in [9.17, 15) is 4.79 Å². The number of rotatable bonds is 8. The second-order valence-corrected chi connectivity index (χ2v) is 9.03. The van der Waals surface area contributed by atoms with E-state index in [-0.39, 0.29) is 11.9 Å². The van der Waals surface area contributed by atoms with Gasteiger partial charge in [0.2, 0.25) is 0 Å². The van der Waals surface area contributed by atoms with Crippen LogP contribution in [0.3, 0.4) is 0 Å². The number of halogens is 1. The summed E-state index contributed by atoms with van der Waals surface area (Å²) in [6.07, 6.45) is 5.60. The van der Waals surface area contributed by atoms with Gasteiger partial charge in [-0.25, -0.2) is 0 Å². The Labute approximate surface area is 205 Å². The predicted octanol–water partition coefficient (Wildman–Crippen LogP) is 5.71. The Kier molecular flexibility index (Phi) is 7.44. The van der Waals surface area contributed by atoms with Crippen molar-refractivity contribution in [1.82, 2.24) is 14.7 Å². The van der Waals surface area contributed by atoms with Crippen molar-refractivity contribution in [2.75, 3.05) is 13.6 Å². The number of unbranched alkanes of at least 4 members (excludes halogenated alkanes) is 1. The number of carbonyl (C=O) groups excluding carboxylic acids is 1. The van der Waals surface area contributed by atoms with E-state index in [1.165, 1.54) is 0 Å². The van der Waals surface area contributed by atoms with Crippen LogP contribution in [0.5, 0.6) is 0 Å². The summed E-state index contributed by atoms with van der Waals surface area (Å²) >= 11 is 6.25. The van der Waals surface area contributed by atoms with E-state index >= 15 is 0 Å². The third kappa shape index (κ3) is 5.05. The van der Waals surface area contributed by atoms with Gasteiger partial charge in [0.15, 0.2) is 0 Å². The van der Waals surface area contributed by atoms with Gasteiger partial charge in [0.1, 0.15) is 5.69 Å². The molecule has 34 heavy (non-hydrogen) atoms. The molecule has 0 fully saturated rings. The van der Waals surface area contributed by atoms with Crippen LogP contribution in [0.25, 0.3) is 11.3 Å². The number of nitrogens with zero attached hydrogens (tertiary/aromatic N) is 5. The molecule has 1 unspecified atom stereocenters. The Morgan fingerprint density at radius 3 is 2.74 bits per heavy atom. The molecule has 1 aromatic heterocycles. The number of aliphatic imine (C=N–C) groups is 1. The fourth-order valence-electron chi connectivity index (χ4n) is 4.41. The highest BCUT2D eigenvalue weighted by atomic mass is 35.5. The molecule has 0 N–H and O–H groups in total. The van der Waals surface area contributed by atoms with Gasteiger partial charge < -0.3 is 9.89 Å². The number of hydrogen-bond donors (Lipinski definition) is 0. The highest BCUT2D eigenvalue weighted by molar-refractivity contribution is 6.30. The van der Waals surface area contributed by atoms with E-state index in [0.29, 0.717) is 35.8 Å². The fraction of sp³-hybridized carbons (Fsp3) is 0.333. The van der Waals surface area contributed by atoms with E-state index in [2.05, 4.69) is 18.0 Å². The minimum Gasteiger partial charge on any atom is -0.331 e. The first-order chi connectivity index (χ1) is 16.5. The van der Waals surface area contributed by atoms with Crippen LogP contribution in [-0.2, 0) is 13.0 Å². The zero-order valence-corrected chi connectivity index (χ0v) is 20.3. The maximum Gasteiger partial charge on any atom is 0.272 e. The number of aromatic nitrogens is 2. The molecule has 7 heteroatoms. The highest BCUT2D eigenvalue weighted by Gasteiger charge is 2.33. The highest BCUT2D eigenvalue weighted by Crippen LogP contribution is 2.32. The van der Waals surface area contributed by atoms with Gasteiger partial charge in [0.05, 0.1) is 23.4 Å². The third-order valence-electron chi connectivity index (χ3n) is 6.20. The summed E-state index contributed by atoms with van der Waals surface area (Å²) in [4.78, 5) is 19.5. The van der Waals surface area contributed by atoms with Gasteiger partial charge in [-0.05, 0) is 47.9 Å². The second-order valence-electron chi connectivity index (χ2n) is 8.60. The number of nitriles is 1. The molecule has 2 heterocycles. The molecule has 0 bridgehead atoms. The minimum atomic E-state index is -0.0264. The van der Waals surface area contributed by atoms with Gasteiger partial charge >= 0.3 is 0 Å². The summed E-state index contributed by atoms with van der Waals surface area (Å²) < 4.78 is 1.93. The zero-order valence-electron chi connectivity index (χ0n) is 19.5. The molecule has 1 atom stereocenters. The summed E-state index contributed by atoms with van der Waals surface area (Å²) in [5.74, 6) is -0.0264. The Morgan fingerprint density at radius 1 is 1.24 bits per heavy atom. The summed E-state index contributed by atoms with van der Waals surface area (Å²) in [7, 11) is 1.75. The van der Waals surface area contributed by atoms with Crippen molar-refractivity contribution in [3.63, 3.8) is 0 Å². The number of amides is 1. The molecule has 2 aromatic carbocycles. The van der Waals surface area contributed by atoms with Crippen molar-refractivity contribution < 1.29 is 4.79 Å². The van der Waals surface area contributed by atoms with Gasteiger partial charge in [0.25, 0.3) is 5.91 Å². The Balaban J connectivity index is 1.69. The molecule has 1 amide bonds. The SMILES string of the molecule is CCCCC1CN(Cc2ccc(C#N)cc2)C(=O)c2cc(-c3ccc(Cl)cc3C/C=N/C)nn21. The van der Waals surface area contributed by atoms with E-state index < -0.39 is 0 Å². The smallest absolute Gasteiger partial charge is 0.272 e. The monoisotopic (exact) mass is 473 g/mol. The largest absolute Gasteiger partial charge is 0.331 e. The van der Waals surface area contributed by atoms with Crippen LogP contribution in [0.4, 0.5) is 0 Å². The lowest BCUT2D eigenvalue weighted by Crippen LogP contribution is -2.42. The van der Waals surface area contributed by atoms with Crippen LogP contribution in [0, 0.1) is 11.3 Å². The molecule has 0 radical (unpaired) electrons. The first-order valence-corrected chi connectivity index (χ1v) is 12.0. The molecule has 0 spiro atoms. The van der Waals surface area contributed by atoms with Crippen molar-refractivity contribution in [3.05, 3.63) is 75.9 Å². The lowest BCUT2D eigenvalue weighted by atomic mass is 10.0. The summed E-state index contributed by atoms with van der Waals surface area (Å²) in [5.41, 5.74) is 5.01. The lowest BCUT2D eigenvalue weighted by molar-refractivity contribution is 0.0635. The van der Waals surface area contributed by atoms with Gasteiger partial charge in [-0.15, -0.1) is 0 Å². The van der Waals surface area contributed by atoms with Crippen LogP contribution in [0.2, 0.25) is 5.02 Å². The van der Waals surface area contributed by atoms with Crippen molar-refractivity contribution in [2.24, 2.45) is 4.99 Å². The average molecular weight is 474 g/mol. The van der Waals surface area contributed by atoms with E-state index in [1.807, 2.05) is 52.2 Å². The molecule has 1 aliphatic heterocycles. The van der Waals surface area contributed by atoms with Crippen LogP contribution in [0.1, 0.15) is 59.4 Å². The van der Waals surface area contributed by atoms with E-state index in [1.54, 1.807) is 19.2 Å². The third-order valence-corrected chi connectivity index (χ3v) is 6.44. The van der Waals surface area contributed by atoms with Crippen molar-refractivity contribution in [3.8, 4) is 17.3 Å². The molecule has 3 aromatic rings. The molecule has 0 aliphatic carbocycles. The van der Waals surface area contributed by atoms with E-state index in [0.717, 1.165) is 41.6 Å². The number of hydrogen-bond acceptors (Lipinski definition) is 4. The first-order valence-electron chi connectivity index (χ1n) is 11.6. The Morgan fingerprint density at radius 2 is 2.03 bits per heavy atom. The first kappa shape index (κ1) is 23.7. The molecular formula is C27H28ClN5O. The molecule has 0 saturated heterocycles. The maximum atomic E-state index is 13.5. The van der Waals surface area contributed by atoms with E-state index in [4.69, 9.17) is 22.0 Å². The molecule has 6 nitrogen and oxygen atoms in total. The number of benzene rings is 2. The average Bonchev–Trinajstić information content (AvgIpc) is 3.30. The van der Waals surface area contributed by atoms with Gasteiger partial charge in [-0.2, -0.15) is 10.4 Å². The standard InChI is InChI=1S/C27H28ClN5O/c1-3-4-5-23-18-32(17-20-8-6-19(16-29)7-9-20)27(34)26-15-25(31-33(23)26)24-11-10-22(28)14-21(24)12-13-30-2/h6-11,13-15,23H,3-5,12,17-18H2,1-2H3/b30-13+. The van der Waals surface area contributed by atoms with Crippen LogP contribution >= 0.6 is 11.6 Å². The molecular weight excluding hydrogens is 446 g/mol. The van der Waals surface area contributed by atoms with Gasteiger partial charge in [-0.3, -0.25) is 9.48 Å². The van der Waals surface area contributed by atoms with Crippen LogP contribution in [0.15, 0.2) is 53.5 Å². The van der Waals surface area contributed by atoms with Gasteiger partial charge in [-0.1, -0.05) is 49.6 Å². The Hall–Kier alpha value is -3.43. The number of fused-ring (bicyclic) bond motifs is 1. The lowest BCUT2D eigenvalue weighted by Gasteiger charge is -2.33. The van der Waals surface area contributed by atoms with Crippen molar-refractivity contribution >= 4 is 23.7 Å². The van der Waals surface area contributed by atoms with Crippen molar-refractivity contribution in [2.45, 2.75) is 45.2 Å².